The summed E-state index contributed by atoms with van der Waals surface area (Å²) in [5, 5.41) is 14.3. The Labute approximate surface area is 136 Å². The number of aliphatic hydroxyl groups is 1. The summed E-state index contributed by atoms with van der Waals surface area (Å²) < 4.78 is 39.8. The van der Waals surface area contributed by atoms with E-state index < -0.39 is 30.0 Å². The molecule has 1 fully saturated rings. The van der Waals surface area contributed by atoms with E-state index >= 15 is 0 Å². The molecular weight excluding hydrogens is 329 g/mol. The molecule has 1 aromatic rings. The van der Waals surface area contributed by atoms with Gasteiger partial charge in [0.15, 0.2) is 0 Å². The summed E-state index contributed by atoms with van der Waals surface area (Å²) in [7, 11) is 0. The summed E-state index contributed by atoms with van der Waals surface area (Å²) in [6.45, 7) is 0.169. The van der Waals surface area contributed by atoms with Crippen LogP contribution in [-0.4, -0.2) is 35.9 Å². The van der Waals surface area contributed by atoms with Crippen LogP contribution in [0.5, 0.6) is 5.75 Å². The second-order valence-corrected chi connectivity index (χ2v) is 5.48. The maximum atomic E-state index is 12.0. The van der Waals surface area contributed by atoms with Gasteiger partial charge in [0.05, 0.1) is 6.10 Å². The normalized spacial score (nSPS) is 15.5. The molecule has 0 aliphatic heterocycles. The van der Waals surface area contributed by atoms with Crippen molar-refractivity contribution in [3.63, 3.8) is 0 Å². The van der Waals surface area contributed by atoms with Crippen molar-refractivity contribution in [1.82, 2.24) is 5.32 Å². The molecule has 0 spiro atoms. The Morgan fingerprint density at radius 3 is 2.38 bits per heavy atom. The highest BCUT2D eigenvalue weighted by atomic mass is 19.4. The lowest BCUT2D eigenvalue weighted by Crippen LogP contribution is -2.37. The summed E-state index contributed by atoms with van der Waals surface area (Å²) in [4.78, 5) is 23.2. The van der Waals surface area contributed by atoms with Crippen LogP contribution in [0.3, 0.4) is 0 Å². The predicted octanol–water partition coefficient (Wildman–Crippen LogP) is 1.80. The van der Waals surface area contributed by atoms with Gasteiger partial charge in [0.1, 0.15) is 5.75 Å². The number of hydrogen-bond donors (Lipinski definition) is 3. The van der Waals surface area contributed by atoms with Crippen LogP contribution in [-0.2, 0) is 9.59 Å². The monoisotopic (exact) mass is 346 g/mol. The molecule has 9 heteroatoms. The second-order valence-electron chi connectivity index (χ2n) is 5.48. The standard InChI is InChI=1S/C15H17F3N2O4/c16-15(17,18)24-11-5-3-10(4-6-11)20-14(23)13(22)19-8-7-12(21)9-1-2-9/h3-6,9,12,21H,1-2,7-8H2,(H,19,22)(H,20,23)/t12-/m0/s1. The van der Waals surface area contributed by atoms with Gasteiger partial charge in [-0.3, -0.25) is 9.59 Å². The number of rotatable bonds is 6. The topological polar surface area (TPSA) is 87.7 Å². The zero-order valence-corrected chi connectivity index (χ0v) is 12.6. The van der Waals surface area contributed by atoms with E-state index in [0.717, 1.165) is 25.0 Å². The predicted molar refractivity (Wildman–Crippen MR) is 78.1 cm³/mol. The molecule has 6 nitrogen and oxygen atoms in total. The lowest BCUT2D eigenvalue weighted by Gasteiger charge is -2.11. The lowest BCUT2D eigenvalue weighted by atomic mass is 10.2. The third-order valence-corrected chi connectivity index (χ3v) is 3.44. The first kappa shape index (κ1) is 18.1. The van der Waals surface area contributed by atoms with E-state index in [2.05, 4.69) is 15.4 Å². The Kier molecular flexibility index (Phi) is 5.66. The van der Waals surface area contributed by atoms with Crippen LogP contribution in [0.4, 0.5) is 18.9 Å². The third kappa shape index (κ3) is 6.07. The fraction of sp³-hybridized carbons (Fsp3) is 0.467. The number of halogens is 3. The van der Waals surface area contributed by atoms with Gasteiger partial charge in [0.2, 0.25) is 0 Å². The molecule has 132 valence electrons. The molecule has 1 aliphatic rings. The van der Waals surface area contributed by atoms with E-state index in [1.165, 1.54) is 12.1 Å². The number of amides is 2. The van der Waals surface area contributed by atoms with Gasteiger partial charge >= 0.3 is 18.2 Å². The summed E-state index contributed by atoms with van der Waals surface area (Å²) in [6.07, 6.45) is -2.95. The smallest absolute Gasteiger partial charge is 0.406 e. The van der Waals surface area contributed by atoms with E-state index in [4.69, 9.17) is 0 Å². The van der Waals surface area contributed by atoms with E-state index in [-0.39, 0.29) is 18.2 Å². The molecule has 0 heterocycles. The van der Waals surface area contributed by atoms with E-state index in [1.54, 1.807) is 0 Å². The fourth-order valence-electron chi connectivity index (χ4n) is 2.06. The van der Waals surface area contributed by atoms with Crippen molar-refractivity contribution in [3.8, 4) is 5.75 Å². The molecule has 1 aliphatic carbocycles. The number of benzene rings is 1. The first-order valence-corrected chi connectivity index (χ1v) is 7.37. The van der Waals surface area contributed by atoms with Gasteiger partial charge in [-0.15, -0.1) is 13.2 Å². The zero-order chi connectivity index (χ0) is 17.7. The third-order valence-electron chi connectivity index (χ3n) is 3.44. The number of carbonyl (C=O) groups is 2. The average Bonchev–Trinajstić information content (AvgIpc) is 3.32. The van der Waals surface area contributed by atoms with Crippen molar-refractivity contribution in [2.24, 2.45) is 5.92 Å². The maximum absolute atomic E-state index is 12.0. The first-order valence-electron chi connectivity index (χ1n) is 7.37. The summed E-state index contributed by atoms with van der Waals surface area (Å²) in [5.41, 5.74) is 0.155. The number of hydrogen-bond acceptors (Lipinski definition) is 4. The van der Waals surface area contributed by atoms with Crippen LogP contribution in [0.1, 0.15) is 19.3 Å². The molecule has 0 aromatic heterocycles. The largest absolute Gasteiger partial charge is 0.573 e. The van der Waals surface area contributed by atoms with Crippen molar-refractivity contribution in [1.29, 1.82) is 0 Å². The van der Waals surface area contributed by atoms with Gasteiger partial charge in [-0.05, 0) is 49.4 Å². The molecule has 2 amide bonds. The van der Waals surface area contributed by atoms with Gasteiger partial charge in [0.25, 0.3) is 0 Å². The Bertz CT molecular complexity index is 585. The molecule has 1 saturated carbocycles. The van der Waals surface area contributed by atoms with Crippen molar-refractivity contribution in [3.05, 3.63) is 24.3 Å². The van der Waals surface area contributed by atoms with Gasteiger partial charge in [0, 0.05) is 12.2 Å². The summed E-state index contributed by atoms with van der Waals surface area (Å²) >= 11 is 0. The zero-order valence-electron chi connectivity index (χ0n) is 12.6. The fourth-order valence-corrected chi connectivity index (χ4v) is 2.06. The van der Waals surface area contributed by atoms with Crippen LogP contribution in [0.15, 0.2) is 24.3 Å². The number of aliphatic hydroxyl groups excluding tert-OH is 1. The van der Waals surface area contributed by atoms with Crippen LogP contribution in [0.2, 0.25) is 0 Å². The van der Waals surface area contributed by atoms with Gasteiger partial charge in [-0.1, -0.05) is 0 Å². The molecule has 24 heavy (non-hydrogen) atoms. The maximum Gasteiger partial charge on any atom is 0.573 e. The van der Waals surface area contributed by atoms with Crippen molar-refractivity contribution in [2.45, 2.75) is 31.7 Å². The minimum Gasteiger partial charge on any atom is -0.406 e. The van der Waals surface area contributed by atoms with Gasteiger partial charge in [-0.25, -0.2) is 0 Å². The van der Waals surface area contributed by atoms with Crippen LogP contribution >= 0.6 is 0 Å². The molecular formula is C15H17F3N2O4. The number of ether oxygens (including phenoxy) is 1. The molecule has 1 atom stereocenters. The minimum absolute atomic E-state index is 0.155. The minimum atomic E-state index is -4.80. The Morgan fingerprint density at radius 1 is 1.21 bits per heavy atom. The van der Waals surface area contributed by atoms with E-state index in [0.29, 0.717) is 6.42 Å². The van der Waals surface area contributed by atoms with Gasteiger partial charge < -0.3 is 20.5 Å². The SMILES string of the molecule is O=C(NCC[C@H](O)C1CC1)C(=O)Nc1ccc(OC(F)(F)F)cc1. The number of carbonyl (C=O) groups excluding carboxylic acids is 2. The van der Waals surface area contributed by atoms with Gasteiger partial charge in [-0.2, -0.15) is 0 Å². The van der Waals surface area contributed by atoms with Crippen LogP contribution in [0.25, 0.3) is 0 Å². The first-order chi connectivity index (χ1) is 11.2. The molecule has 1 aromatic carbocycles. The number of anilines is 1. The van der Waals surface area contributed by atoms with E-state index in [1.807, 2.05) is 0 Å². The molecule has 0 radical (unpaired) electrons. The van der Waals surface area contributed by atoms with Crippen LogP contribution in [0, 0.1) is 5.92 Å². The lowest BCUT2D eigenvalue weighted by molar-refractivity contribution is -0.274. The second kappa shape index (κ2) is 7.52. The molecule has 3 N–H and O–H groups in total. The molecule has 0 saturated heterocycles. The van der Waals surface area contributed by atoms with Crippen LogP contribution < -0.4 is 15.4 Å². The highest BCUT2D eigenvalue weighted by Crippen LogP contribution is 2.33. The Morgan fingerprint density at radius 2 is 1.83 bits per heavy atom. The van der Waals surface area contributed by atoms with Crippen molar-refractivity contribution < 1.29 is 32.6 Å². The Balaban J connectivity index is 1.75. The summed E-state index contributed by atoms with van der Waals surface area (Å²) in [5.74, 6) is -1.97. The molecule has 0 unspecified atom stereocenters. The average molecular weight is 346 g/mol. The van der Waals surface area contributed by atoms with E-state index in [9.17, 15) is 27.9 Å². The highest BCUT2D eigenvalue weighted by Gasteiger charge is 2.31. The van der Waals surface area contributed by atoms with Crippen molar-refractivity contribution >= 4 is 17.5 Å². The number of nitrogens with one attached hydrogen (secondary N) is 2. The molecule has 0 bridgehead atoms. The Hall–Kier alpha value is -2.29. The quantitative estimate of drug-likeness (QED) is 0.686. The summed E-state index contributed by atoms with van der Waals surface area (Å²) in [6, 6.07) is 4.41. The number of alkyl halides is 3. The van der Waals surface area contributed by atoms with Crippen molar-refractivity contribution in [2.75, 3.05) is 11.9 Å². The highest BCUT2D eigenvalue weighted by molar-refractivity contribution is 6.39. The molecule has 2 rings (SSSR count).